The fraction of sp³-hybridized carbons (Fsp3) is 0.500. The van der Waals surface area contributed by atoms with Crippen LogP contribution >= 0.6 is 11.6 Å². The molecule has 3 aliphatic rings. The normalized spacial score (nSPS) is 23.5. The maximum absolute atomic E-state index is 13.1. The van der Waals surface area contributed by atoms with Crippen molar-refractivity contribution in [2.45, 2.75) is 45.6 Å². The number of fused-ring (bicyclic) bond motifs is 1. The maximum Gasteiger partial charge on any atom is 0.271 e. The van der Waals surface area contributed by atoms with Crippen LogP contribution in [0.25, 0.3) is 0 Å². The number of hydrogen-bond donors (Lipinski definition) is 1. The molecule has 0 spiro atoms. The van der Waals surface area contributed by atoms with E-state index in [1.807, 2.05) is 13.8 Å². The molecule has 1 aliphatic heterocycles. The number of non-ortho nitro benzene ring substituents is 1. The lowest BCUT2D eigenvalue weighted by atomic mass is 9.73. The molecule has 0 radical (unpaired) electrons. The molecule has 1 unspecified atom stereocenters. The Morgan fingerprint density at radius 2 is 2.07 bits per heavy atom. The summed E-state index contributed by atoms with van der Waals surface area (Å²) in [7, 11) is 0. The number of Topliss-reactive ketones (excluding diaryl/α,β-unsaturated/α-hetero) is 1. The van der Waals surface area contributed by atoms with Crippen LogP contribution in [-0.4, -0.2) is 28.5 Å². The zero-order chi connectivity index (χ0) is 20.2. The summed E-state index contributed by atoms with van der Waals surface area (Å²) < 4.78 is 0. The minimum absolute atomic E-state index is 0.0327. The first kappa shape index (κ1) is 18.9. The Hall–Kier alpha value is -2.41. The summed E-state index contributed by atoms with van der Waals surface area (Å²) in [4.78, 5) is 38.4. The molecule has 2 aliphatic carbocycles. The summed E-state index contributed by atoms with van der Waals surface area (Å²) in [6, 6.07) is 4.01. The second kappa shape index (κ2) is 6.58. The van der Waals surface area contributed by atoms with Gasteiger partial charge in [-0.3, -0.25) is 19.7 Å². The quantitative estimate of drug-likeness (QED) is 0.467. The molecule has 1 aromatic rings. The van der Waals surface area contributed by atoms with Gasteiger partial charge in [0.25, 0.3) is 5.69 Å². The van der Waals surface area contributed by atoms with Crippen LogP contribution in [0, 0.1) is 21.4 Å². The van der Waals surface area contributed by atoms with E-state index in [1.165, 1.54) is 12.1 Å². The van der Waals surface area contributed by atoms with Crippen molar-refractivity contribution in [2.24, 2.45) is 11.3 Å². The smallest absolute Gasteiger partial charge is 0.271 e. The number of halogens is 1. The van der Waals surface area contributed by atoms with E-state index in [0.717, 1.165) is 18.5 Å². The largest absolute Gasteiger partial charge is 0.357 e. The third kappa shape index (κ3) is 3.17. The molecule has 8 heteroatoms. The molecule has 0 saturated heterocycles. The summed E-state index contributed by atoms with van der Waals surface area (Å²) in [5.41, 5.74) is 2.12. The predicted molar refractivity (Wildman–Crippen MR) is 106 cm³/mol. The molecule has 1 aromatic carbocycles. The van der Waals surface area contributed by atoms with Crippen molar-refractivity contribution in [1.82, 2.24) is 0 Å². The van der Waals surface area contributed by atoms with E-state index in [2.05, 4.69) is 5.32 Å². The van der Waals surface area contributed by atoms with Crippen LogP contribution in [-0.2, 0) is 9.59 Å². The standard InChI is InChI=1S/C20H22ClN3O4/c1-20(2)8-14-18(16(25)9-20)19(11-3-4-11)23(17(26)10-21)15-6-5-12(24(27)28)7-13(15)22-14/h5-7,11,19,22H,3-4,8-10H2,1-2H3. The number of nitro groups is 1. The molecule has 148 valence electrons. The maximum atomic E-state index is 13.1. The van der Waals surface area contributed by atoms with E-state index in [0.29, 0.717) is 29.8 Å². The minimum atomic E-state index is -0.468. The molecule has 1 fully saturated rings. The first-order valence-electron chi connectivity index (χ1n) is 9.41. The number of carbonyl (C=O) groups is 2. The summed E-state index contributed by atoms with van der Waals surface area (Å²) in [6.07, 6.45) is 2.93. The molecule has 1 saturated carbocycles. The molecule has 0 aromatic heterocycles. The van der Waals surface area contributed by atoms with Gasteiger partial charge in [0, 0.05) is 29.8 Å². The van der Waals surface area contributed by atoms with E-state index in [-0.39, 0.29) is 40.6 Å². The molecule has 1 amide bonds. The first-order valence-corrected chi connectivity index (χ1v) is 9.95. The lowest BCUT2D eigenvalue weighted by Crippen LogP contribution is -2.46. The van der Waals surface area contributed by atoms with E-state index in [1.54, 1.807) is 11.0 Å². The highest BCUT2D eigenvalue weighted by Gasteiger charge is 2.48. The summed E-state index contributed by atoms with van der Waals surface area (Å²) in [5.74, 6) is -0.292. The van der Waals surface area contributed by atoms with Gasteiger partial charge in [-0.15, -0.1) is 11.6 Å². The number of ketones is 1. The second-order valence-electron chi connectivity index (χ2n) is 8.60. The highest BCUT2D eigenvalue weighted by molar-refractivity contribution is 6.30. The van der Waals surface area contributed by atoms with Crippen LogP contribution in [0.5, 0.6) is 0 Å². The number of nitrogens with zero attached hydrogens (tertiary/aromatic N) is 2. The van der Waals surface area contributed by atoms with E-state index < -0.39 is 4.92 Å². The lowest BCUT2D eigenvalue weighted by Gasteiger charge is -2.37. The van der Waals surface area contributed by atoms with Gasteiger partial charge in [-0.05, 0) is 36.7 Å². The minimum Gasteiger partial charge on any atom is -0.357 e. The van der Waals surface area contributed by atoms with Crippen molar-refractivity contribution in [3.63, 3.8) is 0 Å². The number of alkyl halides is 1. The molecule has 4 rings (SSSR count). The molecule has 28 heavy (non-hydrogen) atoms. The Morgan fingerprint density at radius 1 is 1.36 bits per heavy atom. The third-order valence-corrected chi connectivity index (χ3v) is 5.91. The van der Waals surface area contributed by atoms with Crippen molar-refractivity contribution >= 4 is 40.4 Å². The van der Waals surface area contributed by atoms with Gasteiger partial charge in [0.15, 0.2) is 5.78 Å². The fourth-order valence-corrected chi connectivity index (χ4v) is 4.52. The number of nitrogens with one attached hydrogen (secondary N) is 1. The fourth-order valence-electron chi connectivity index (χ4n) is 4.39. The van der Waals surface area contributed by atoms with Gasteiger partial charge in [-0.25, -0.2) is 0 Å². The van der Waals surface area contributed by atoms with Crippen molar-refractivity contribution < 1.29 is 14.5 Å². The summed E-state index contributed by atoms with van der Waals surface area (Å²) in [5, 5.41) is 14.6. The van der Waals surface area contributed by atoms with Crippen LogP contribution in [0.1, 0.15) is 39.5 Å². The number of hydrogen-bond acceptors (Lipinski definition) is 5. The SMILES string of the molecule is CC1(C)CC(=O)C2=C(C1)Nc1cc([N+](=O)[O-])ccc1N(C(=O)CCl)C2C1CC1. The van der Waals surface area contributed by atoms with Gasteiger partial charge in [0.05, 0.1) is 22.3 Å². The first-order chi connectivity index (χ1) is 13.2. The average molecular weight is 404 g/mol. The van der Waals surface area contributed by atoms with Crippen LogP contribution in [0.2, 0.25) is 0 Å². The van der Waals surface area contributed by atoms with Crippen LogP contribution in [0.3, 0.4) is 0 Å². The number of amides is 1. The summed E-state index contributed by atoms with van der Waals surface area (Å²) >= 11 is 5.91. The highest BCUT2D eigenvalue weighted by atomic mass is 35.5. The van der Waals surface area contributed by atoms with E-state index in [9.17, 15) is 19.7 Å². The molecule has 1 heterocycles. The molecular weight excluding hydrogens is 382 g/mol. The third-order valence-electron chi connectivity index (χ3n) is 5.68. The van der Waals surface area contributed by atoms with Gasteiger partial charge in [0.2, 0.25) is 5.91 Å². The number of anilines is 2. The van der Waals surface area contributed by atoms with Gasteiger partial charge >= 0.3 is 0 Å². The Balaban J connectivity index is 1.94. The van der Waals surface area contributed by atoms with Crippen LogP contribution < -0.4 is 10.2 Å². The van der Waals surface area contributed by atoms with Crippen LogP contribution in [0.4, 0.5) is 17.1 Å². The highest BCUT2D eigenvalue weighted by Crippen LogP contribution is 2.50. The monoisotopic (exact) mass is 403 g/mol. The topological polar surface area (TPSA) is 92.5 Å². The predicted octanol–water partition coefficient (Wildman–Crippen LogP) is 4.01. The van der Waals surface area contributed by atoms with Crippen molar-refractivity contribution in [3.8, 4) is 0 Å². The number of benzene rings is 1. The summed E-state index contributed by atoms with van der Waals surface area (Å²) in [6.45, 7) is 4.06. The number of rotatable bonds is 3. The Kier molecular flexibility index (Phi) is 4.45. The molecule has 0 bridgehead atoms. The Bertz CT molecular complexity index is 920. The van der Waals surface area contributed by atoms with E-state index >= 15 is 0 Å². The average Bonchev–Trinajstić information content (AvgIpc) is 3.44. The number of carbonyl (C=O) groups excluding carboxylic acids is 2. The molecule has 1 N–H and O–H groups in total. The molecule has 1 atom stereocenters. The van der Waals surface area contributed by atoms with Gasteiger partial charge in [0.1, 0.15) is 5.88 Å². The lowest BCUT2D eigenvalue weighted by molar-refractivity contribution is -0.384. The Labute approximate surface area is 167 Å². The number of nitro benzene ring substituents is 1. The molecular formula is C20H22ClN3O4. The Morgan fingerprint density at radius 3 is 2.68 bits per heavy atom. The van der Waals surface area contributed by atoms with Gasteiger partial charge < -0.3 is 10.2 Å². The van der Waals surface area contributed by atoms with Crippen LogP contribution in [0.15, 0.2) is 29.5 Å². The van der Waals surface area contributed by atoms with Gasteiger partial charge in [-0.2, -0.15) is 0 Å². The zero-order valence-corrected chi connectivity index (χ0v) is 16.6. The number of allylic oxidation sites excluding steroid dienone is 1. The van der Waals surface area contributed by atoms with Crippen molar-refractivity contribution in [3.05, 3.63) is 39.6 Å². The zero-order valence-electron chi connectivity index (χ0n) is 15.8. The van der Waals surface area contributed by atoms with Crippen molar-refractivity contribution in [2.75, 3.05) is 16.1 Å². The molecule has 7 nitrogen and oxygen atoms in total. The van der Waals surface area contributed by atoms with E-state index in [4.69, 9.17) is 11.6 Å². The second-order valence-corrected chi connectivity index (χ2v) is 8.86. The van der Waals surface area contributed by atoms with Gasteiger partial charge in [-0.1, -0.05) is 13.8 Å². The van der Waals surface area contributed by atoms with Crippen molar-refractivity contribution in [1.29, 1.82) is 0 Å².